The van der Waals surface area contributed by atoms with Crippen molar-refractivity contribution in [3.63, 3.8) is 0 Å². The second-order valence-corrected chi connectivity index (χ2v) is 5.71. The zero-order chi connectivity index (χ0) is 12.2. The zero-order valence-electron chi connectivity index (χ0n) is 8.94. The predicted molar refractivity (Wildman–Crippen MR) is 64.4 cm³/mol. The largest absolute Gasteiger partial charge is 0.398 e. The van der Waals surface area contributed by atoms with Gasteiger partial charge in [0.15, 0.2) is 9.84 Å². The van der Waals surface area contributed by atoms with Crippen LogP contribution in [0, 0.1) is 0 Å². The van der Waals surface area contributed by atoms with Gasteiger partial charge in [0.25, 0.3) is 0 Å². The van der Waals surface area contributed by atoms with Crippen LogP contribution >= 0.6 is 11.6 Å². The first-order valence-electron chi connectivity index (χ1n) is 4.83. The average molecular weight is 264 g/mol. The Kier molecular flexibility index (Phi) is 4.58. The number of nitrogen functional groups attached to an aromatic ring is 1. The summed E-state index contributed by atoms with van der Waals surface area (Å²) >= 11 is 5.69. The molecule has 0 amide bonds. The Hall–Kier alpha value is -0.780. The van der Waals surface area contributed by atoms with E-state index in [2.05, 4.69) is 0 Å². The van der Waals surface area contributed by atoms with Gasteiger partial charge < -0.3 is 10.5 Å². The fourth-order valence-corrected chi connectivity index (χ4v) is 2.66. The molecule has 1 rings (SSSR count). The fraction of sp³-hybridized carbons (Fsp3) is 0.400. The van der Waals surface area contributed by atoms with Crippen LogP contribution in [0.3, 0.4) is 0 Å². The molecule has 16 heavy (non-hydrogen) atoms. The molecule has 0 aliphatic rings. The van der Waals surface area contributed by atoms with Crippen molar-refractivity contribution in [2.24, 2.45) is 0 Å². The van der Waals surface area contributed by atoms with E-state index in [0.29, 0.717) is 11.6 Å². The Balaban J connectivity index is 2.90. The molecule has 1 aromatic carbocycles. The molecule has 0 heterocycles. The van der Waals surface area contributed by atoms with Gasteiger partial charge >= 0.3 is 0 Å². The van der Waals surface area contributed by atoms with Gasteiger partial charge in [0.2, 0.25) is 0 Å². The Bertz CT molecular complexity index is 459. The zero-order valence-corrected chi connectivity index (χ0v) is 10.5. The molecule has 0 aliphatic carbocycles. The first-order chi connectivity index (χ1) is 7.47. The third-order valence-corrected chi connectivity index (χ3v) is 3.99. The maximum absolute atomic E-state index is 11.8. The van der Waals surface area contributed by atoms with E-state index in [1.165, 1.54) is 18.2 Å². The van der Waals surface area contributed by atoms with Crippen molar-refractivity contribution in [3.05, 3.63) is 23.2 Å². The van der Waals surface area contributed by atoms with E-state index >= 15 is 0 Å². The third kappa shape index (κ3) is 3.37. The van der Waals surface area contributed by atoms with Crippen molar-refractivity contribution in [2.45, 2.75) is 11.8 Å². The first kappa shape index (κ1) is 13.3. The Labute approximate surface area is 100 Å². The molecule has 0 atom stereocenters. The minimum Gasteiger partial charge on any atom is -0.398 e. The molecule has 1 aromatic rings. The smallest absolute Gasteiger partial charge is 0.182 e. The normalized spacial score (nSPS) is 11.6. The summed E-state index contributed by atoms with van der Waals surface area (Å²) in [4.78, 5) is 0.108. The maximum atomic E-state index is 11.8. The molecule has 4 nitrogen and oxygen atoms in total. The lowest BCUT2D eigenvalue weighted by atomic mass is 10.3. The molecule has 0 fully saturated rings. The van der Waals surface area contributed by atoms with Crippen molar-refractivity contribution < 1.29 is 13.2 Å². The molecule has 0 bridgehead atoms. The minimum atomic E-state index is -3.39. The quantitative estimate of drug-likeness (QED) is 0.649. The van der Waals surface area contributed by atoms with Gasteiger partial charge in [-0.25, -0.2) is 8.42 Å². The third-order valence-electron chi connectivity index (χ3n) is 2.01. The van der Waals surface area contributed by atoms with Gasteiger partial charge in [-0.15, -0.1) is 0 Å². The molecular formula is C10H14ClNO3S. The van der Waals surface area contributed by atoms with Crippen LogP contribution in [0.4, 0.5) is 5.69 Å². The van der Waals surface area contributed by atoms with Gasteiger partial charge in [-0.3, -0.25) is 0 Å². The van der Waals surface area contributed by atoms with E-state index < -0.39 is 9.84 Å². The standard InChI is InChI=1S/C10H14ClNO3S/c1-2-15-5-6-16(13,14)10-4-3-8(11)7-9(10)12/h3-4,7H,2,5-6,12H2,1H3. The number of sulfone groups is 1. The van der Waals surface area contributed by atoms with Gasteiger partial charge in [0.1, 0.15) is 0 Å². The summed E-state index contributed by atoms with van der Waals surface area (Å²) < 4.78 is 28.7. The summed E-state index contributed by atoms with van der Waals surface area (Å²) in [5.41, 5.74) is 5.78. The molecule has 90 valence electrons. The van der Waals surface area contributed by atoms with Crippen LogP contribution in [0.2, 0.25) is 5.02 Å². The summed E-state index contributed by atoms with van der Waals surface area (Å²) in [5, 5.41) is 0.418. The van der Waals surface area contributed by atoms with Crippen LogP contribution in [0.1, 0.15) is 6.92 Å². The van der Waals surface area contributed by atoms with E-state index in [4.69, 9.17) is 22.1 Å². The molecule has 0 spiro atoms. The SMILES string of the molecule is CCOCCS(=O)(=O)c1ccc(Cl)cc1N. The number of anilines is 1. The van der Waals surface area contributed by atoms with Crippen molar-refractivity contribution in [3.8, 4) is 0 Å². The monoisotopic (exact) mass is 263 g/mol. The van der Waals surface area contributed by atoms with E-state index in [1.807, 2.05) is 6.92 Å². The Morgan fingerprint density at radius 2 is 2.12 bits per heavy atom. The predicted octanol–water partition coefficient (Wildman–Crippen LogP) is 1.73. The molecule has 6 heteroatoms. The second kappa shape index (κ2) is 5.52. The highest BCUT2D eigenvalue weighted by Gasteiger charge is 2.17. The molecule has 0 radical (unpaired) electrons. The van der Waals surface area contributed by atoms with Gasteiger partial charge in [-0.1, -0.05) is 11.6 Å². The van der Waals surface area contributed by atoms with Gasteiger partial charge in [0.05, 0.1) is 22.9 Å². The number of ether oxygens (including phenoxy) is 1. The van der Waals surface area contributed by atoms with E-state index in [1.54, 1.807) is 0 Å². The van der Waals surface area contributed by atoms with Crippen LogP contribution in [-0.2, 0) is 14.6 Å². The van der Waals surface area contributed by atoms with Crippen molar-refractivity contribution in [2.75, 3.05) is 24.7 Å². The van der Waals surface area contributed by atoms with Crippen molar-refractivity contribution >= 4 is 27.1 Å². The number of hydrogen-bond donors (Lipinski definition) is 1. The fourth-order valence-electron chi connectivity index (χ4n) is 1.23. The Morgan fingerprint density at radius 3 is 2.69 bits per heavy atom. The topological polar surface area (TPSA) is 69.4 Å². The molecule has 0 unspecified atom stereocenters. The number of rotatable bonds is 5. The summed E-state index contributed by atoms with van der Waals surface area (Å²) in [6.45, 7) is 2.47. The highest BCUT2D eigenvalue weighted by molar-refractivity contribution is 7.91. The lowest BCUT2D eigenvalue weighted by Gasteiger charge is -2.07. The summed E-state index contributed by atoms with van der Waals surface area (Å²) in [6.07, 6.45) is 0. The van der Waals surface area contributed by atoms with E-state index in [0.717, 1.165) is 0 Å². The lowest BCUT2D eigenvalue weighted by molar-refractivity contribution is 0.163. The van der Waals surface area contributed by atoms with E-state index in [-0.39, 0.29) is 22.9 Å². The van der Waals surface area contributed by atoms with Gasteiger partial charge in [0, 0.05) is 11.6 Å². The average Bonchev–Trinajstić information content (AvgIpc) is 2.17. The minimum absolute atomic E-state index is 0.0767. The van der Waals surface area contributed by atoms with E-state index in [9.17, 15) is 8.42 Å². The molecule has 0 saturated heterocycles. The maximum Gasteiger partial charge on any atom is 0.182 e. The number of benzene rings is 1. The molecular weight excluding hydrogens is 250 g/mol. The van der Waals surface area contributed by atoms with Gasteiger partial charge in [-0.2, -0.15) is 0 Å². The van der Waals surface area contributed by atoms with Crippen LogP contribution in [0.25, 0.3) is 0 Å². The van der Waals surface area contributed by atoms with Gasteiger partial charge in [-0.05, 0) is 25.1 Å². The number of hydrogen-bond acceptors (Lipinski definition) is 4. The van der Waals surface area contributed by atoms with Crippen LogP contribution in [-0.4, -0.2) is 27.4 Å². The van der Waals surface area contributed by atoms with Crippen LogP contribution < -0.4 is 5.73 Å². The Morgan fingerprint density at radius 1 is 1.44 bits per heavy atom. The molecule has 0 aliphatic heterocycles. The summed E-state index contributed by atoms with van der Waals surface area (Å²) in [5.74, 6) is -0.0767. The molecule has 2 N–H and O–H groups in total. The number of halogens is 1. The van der Waals surface area contributed by atoms with Crippen molar-refractivity contribution in [1.29, 1.82) is 0 Å². The van der Waals surface area contributed by atoms with Crippen LogP contribution in [0.15, 0.2) is 23.1 Å². The lowest BCUT2D eigenvalue weighted by Crippen LogP contribution is -2.14. The highest BCUT2D eigenvalue weighted by atomic mass is 35.5. The van der Waals surface area contributed by atoms with Crippen molar-refractivity contribution in [1.82, 2.24) is 0 Å². The first-order valence-corrected chi connectivity index (χ1v) is 6.86. The highest BCUT2D eigenvalue weighted by Crippen LogP contribution is 2.23. The van der Waals surface area contributed by atoms with Crippen LogP contribution in [0.5, 0.6) is 0 Å². The second-order valence-electron chi connectivity index (χ2n) is 3.20. The number of nitrogens with two attached hydrogens (primary N) is 1. The molecule has 0 saturated carbocycles. The summed E-state index contributed by atoms with van der Waals surface area (Å²) in [7, 11) is -3.39. The summed E-state index contributed by atoms with van der Waals surface area (Å²) in [6, 6.07) is 4.35. The molecule has 0 aromatic heterocycles.